The number of rotatable bonds is 12. The lowest BCUT2D eigenvalue weighted by molar-refractivity contribution is -0.136. The average Bonchev–Trinajstić information content (AvgIpc) is 2.80. The third-order valence-electron chi connectivity index (χ3n) is 3.80. The van der Waals surface area contributed by atoms with Gasteiger partial charge in [-0.1, -0.05) is 69.9 Å². The number of hydrogen-bond donors (Lipinski definition) is 1. The molecule has 0 unspecified atom stereocenters. The zero-order chi connectivity index (χ0) is 15.3. The summed E-state index contributed by atoms with van der Waals surface area (Å²) in [6, 6.07) is 0. The molecule has 0 spiro atoms. The van der Waals surface area contributed by atoms with E-state index in [0.29, 0.717) is 11.3 Å². The van der Waals surface area contributed by atoms with E-state index >= 15 is 0 Å². The number of nitrogens with zero attached hydrogens (tertiary/aromatic N) is 1. The highest BCUT2D eigenvalue weighted by Gasteiger charge is 2.21. The summed E-state index contributed by atoms with van der Waals surface area (Å²) in [6.45, 7) is 4.94. The number of unbranched alkanes of at least 4 members (excludes halogenated alkanes) is 9. The minimum atomic E-state index is -0.358. The Hall–Kier alpha value is -1.32. The van der Waals surface area contributed by atoms with Gasteiger partial charge >= 0.3 is 5.97 Å². The van der Waals surface area contributed by atoms with Crippen LogP contribution in [0.2, 0.25) is 0 Å². The van der Waals surface area contributed by atoms with Crippen LogP contribution in [-0.2, 0) is 9.63 Å². The van der Waals surface area contributed by atoms with Crippen molar-refractivity contribution in [3.8, 4) is 0 Å². The van der Waals surface area contributed by atoms with Crippen LogP contribution in [0.1, 0.15) is 78.1 Å². The summed E-state index contributed by atoms with van der Waals surface area (Å²) >= 11 is 0. The highest BCUT2D eigenvalue weighted by molar-refractivity contribution is 6.21. The third kappa shape index (κ3) is 7.88. The summed E-state index contributed by atoms with van der Waals surface area (Å²) in [6.07, 6.45) is 15.1. The van der Waals surface area contributed by atoms with Crippen LogP contribution in [0.25, 0.3) is 0 Å². The van der Waals surface area contributed by atoms with E-state index in [1.165, 1.54) is 57.8 Å². The normalized spacial score (nSPS) is 16.2. The molecular formula is C17H30N2O2. The predicted octanol–water partition coefficient (Wildman–Crippen LogP) is 4.31. The second kappa shape index (κ2) is 11.4. The Morgan fingerprint density at radius 3 is 2.10 bits per heavy atom. The van der Waals surface area contributed by atoms with Crippen molar-refractivity contribution >= 4 is 11.7 Å². The quantitative estimate of drug-likeness (QED) is 0.331. The fourth-order valence-electron chi connectivity index (χ4n) is 2.41. The van der Waals surface area contributed by atoms with E-state index in [0.717, 1.165) is 13.0 Å². The fourth-order valence-corrected chi connectivity index (χ4v) is 2.41. The van der Waals surface area contributed by atoms with Gasteiger partial charge in [0.25, 0.3) is 0 Å². The molecule has 0 aromatic carbocycles. The zero-order valence-electron chi connectivity index (χ0n) is 13.6. The van der Waals surface area contributed by atoms with Crippen LogP contribution in [0.5, 0.6) is 0 Å². The molecule has 1 heterocycles. The first-order valence-electron chi connectivity index (χ1n) is 8.45. The first kappa shape index (κ1) is 17.7. The monoisotopic (exact) mass is 294 g/mol. The first-order valence-corrected chi connectivity index (χ1v) is 8.45. The summed E-state index contributed by atoms with van der Waals surface area (Å²) in [5.74, 6) is -0.358. The van der Waals surface area contributed by atoms with Gasteiger partial charge in [0, 0.05) is 12.7 Å². The van der Waals surface area contributed by atoms with Crippen LogP contribution >= 0.6 is 0 Å². The maximum Gasteiger partial charge on any atom is 0.369 e. The molecule has 0 bridgehead atoms. The fraction of sp³-hybridized carbons (Fsp3) is 0.765. The third-order valence-corrected chi connectivity index (χ3v) is 3.80. The number of oxime groups is 1. The topological polar surface area (TPSA) is 50.7 Å². The second-order valence-corrected chi connectivity index (χ2v) is 5.75. The van der Waals surface area contributed by atoms with Crippen molar-refractivity contribution in [3.63, 3.8) is 0 Å². The zero-order valence-corrected chi connectivity index (χ0v) is 13.6. The lowest BCUT2D eigenvalue weighted by atomic mass is 10.1. The largest absolute Gasteiger partial charge is 0.390 e. The minimum absolute atomic E-state index is 0.358. The van der Waals surface area contributed by atoms with Gasteiger partial charge in [0.15, 0.2) is 0 Å². The van der Waals surface area contributed by atoms with Gasteiger partial charge < -0.3 is 10.2 Å². The summed E-state index contributed by atoms with van der Waals surface area (Å²) in [7, 11) is 0. The molecule has 120 valence electrons. The molecule has 0 fully saturated rings. The molecule has 0 saturated heterocycles. The lowest BCUT2D eigenvalue weighted by Gasteiger charge is -2.03. The molecule has 0 aromatic rings. The molecule has 4 nitrogen and oxygen atoms in total. The number of carbonyl (C=O) groups is 1. The molecule has 1 aliphatic rings. The Bertz CT molecular complexity index is 362. The van der Waals surface area contributed by atoms with Crippen molar-refractivity contribution < 1.29 is 9.63 Å². The molecule has 0 saturated carbocycles. The Morgan fingerprint density at radius 1 is 1.00 bits per heavy atom. The van der Waals surface area contributed by atoms with E-state index in [1.807, 2.05) is 0 Å². The molecule has 1 aliphatic heterocycles. The summed E-state index contributed by atoms with van der Waals surface area (Å²) in [5.41, 5.74) is 1.19. The van der Waals surface area contributed by atoms with Gasteiger partial charge in [-0.15, -0.1) is 0 Å². The van der Waals surface area contributed by atoms with E-state index in [9.17, 15) is 4.79 Å². The van der Waals surface area contributed by atoms with Gasteiger partial charge in [-0.05, 0) is 13.3 Å². The van der Waals surface area contributed by atoms with Gasteiger partial charge in [0.2, 0.25) is 0 Å². The van der Waals surface area contributed by atoms with Crippen molar-refractivity contribution in [1.29, 1.82) is 0 Å². The van der Waals surface area contributed by atoms with Crippen LogP contribution in [0, 0.1) is 0 Å². The minimum Gasteiger partial charge on any atom is -0.390 e. The van der Waals surface area contributed by atoms with Gasteiger partial charge in [0.05, 0.1) is 5.71 Å². The highest BCUT2D eigenvalue weighted by Crippen LogP contribution is 2.11. The molecule has 0 amide bonds. The summed E-state index contributed by atoms with van der Waals surface area (Å²) < 4.78 is 0. The molecule has 4 heteroatoms. The molecule has 1 N–H and O–H groups in total. The van der Waals surface area contributed by atoms with Crippen molar-refractivity contribution in [2.45, 2.75) is 78.1 Å². The maximum absolute atomic E-state index is 11.3. The summed E-state index contributed by atoms with van der Waals surface area (Å²) in [5, 5.41) is 6.80. The lowest BCUT2D eigenvalue weighted by Crippen LogP contribution is -2.12. The molecule has 0 aromatic heterocycles. The van der Waals surface area contributed by atoms with E-state index < -0.39 is 0 Å². The summed E-state index contributed by atoms with van der Waals surface area (Å²) in [4.78, 5) is 15.8. The van der Waals surface area contributed by atoms with Gasteiger partial charge in [-0.3, -0.25) is 0 Å². The standard InChI is InChI=1S/C17H30N2O2/c1-3-4-5-6-7-8-9-10-11-12-13-18-14-16-15(2)19-21-17(16)20/h14,18H,3-13H2,1-2H3. The van der Waals surface area contributed by atoms with Crippen molar-refractivity contribution in [2.75, 3.05) is 6.54 Å². The van der Waals surface area contributed by atoms with E-state index in [4.69, 9.17) is 0 Å². The Labute approximate surface area is 129 Å². The van der Waals surface area contributed by atoms with E-state index in [2.05, 4.69) is 22.2 Å². The highest BCUT2D eigenvalue weighted by atomic mass is 16.7. The smallest absolute Gasteiger partial charge is 0.369 e. The Kier molecular flexibility index (Phi) is 9.58. The van der Waals surface area contributed by atoms with Crippen LogP contribution < -0.4 is 5.32 Å². The van der Waals surface area contributed by atoms with Crippen LogP contribution in [0.3, 0.4) is 0 Å². The Morgan fingerprint density at radius 2 is 1.57 bits per heavy atom. The molecule has 0 atom stereocenters. The maximum atomic E-state index is 11.3. The van der Waals surface area contributed by atoms with Gasteiger partial charge in [0.1, 0.15) is 5.57 Å². The SMILES string of the molecule is CCCCCCCCCCCCNC=C1C(=O)ON=C1C. The molecule has 21 heavy (non-hydrogen) atoms. The molecular weight excluding hydrogens is 264 g/mol. The van der Waals surface area contributed by atoms with Crippen LogP contribution in [0.4, 0.5) is 0 Å². The number of hydrogen-bond acceptors (Lipinski definition) is 4. The van der Waals surface area contributed by atoms with Gasteiger partial charge in [-0.25, -0.2) is 4.79 Å². The molecule has 0 aliphatic carbocycles. The number of carbonyl (C=O) groups excluding carboxylic acids is 1. The van der Waals surface area contributed by atoms with Crippen molar-refractivity contribution in [3.05, 3.63) is 11.8 Å². The van der Waals surface area contributed by atoms with E-state index in [1.54, 1.807) is 13.1 Å². The first-order chi connectivity index (χ1) is 10.3. The number of nitrogens with one attached hydrogen (secondary N) is 1. The van der Waals surface area contributed by atoms with E-state index in [-0.39, 0.29) is 5.97 Å². The average molecular weight is 294 g/mol. The Balaban J connectivity index is 1.88. The second-order valence-electron chi connectivity index (χ2n) is 5.75. The molecule has 1 rings (SSSR count). The van der Waals surface area contributed by atoms with Crippen molar-refractivity contribution in [2.24, 2.45) is 5.16 Å². The van der Waals surface area contributed by atoms with Gasteiger partial charge in [-0.2, -0.15) is 0 Å². The van der Waals surface area contributed by atoms with Crippen LogP contribution in [-0.4, -0.2) is 18.2 Å². The predicted molar refractivity (Wildman–Crippen MR) is 87.1 cm³/mol. The molecule has 0 radical (unpaired) electrons. The van der Waals surface area contributed by atoms with Crippen molar-refractivity contribution in [1.82, 2.24) is 5.32 Å². The van der Waals surface area contributed by atoms with Crippen LogP contribution in [0.15, 0.2) is 16.9 Å².